The van der Waals surface area contributed by atoms with E-state index in [1.807, 2.05) is 0 Å². The molecule has 0 spiro atoms. The third kappa shape index (κ3) is 3.12. The summed E-state index contributed by atoms with van der Waals surface area (Å²) in [6, 6.07) is 1.38. The van der Waals surface area contributed by atoms with Crippen LogP contribution in [-0.2, 0) is 11.8 Å². The van der Waals surface area contributed by atoms with Crippen molar-refractivity contribution < 1.29 is 14.7 Å². The highest BCUT2D eigenvalue weighted by Gasteiger charge is 2.17. The van der Waals surface area contributed by atoms with Crippen LogP contribution in [0.2, 0.25) is 10.2 Å². The molecule has 1 unspecified atom stereocenters. The topological polar surface area (TPSA) is 97.3 Å². The summed E-state index contributed by atoms with van der Waals surface area (Å²) in [4.78, 5) is 22.2. The Balaban J connectivity index is 2.71. The lowest BCUT2D eigenvalue weighted by atomic mass is 10.3. The molecule has 0 aliphatic carbocycles. The number of nitrogens with zero attached hydrogens (tertiary/aromatic N) is 1. The molecule has 0 saturated carbocycles. The fourth-order valence-corrected chi connectivity index (χ4v) is 1.52. The van der Waals surface area contributed by atoms with Crippen LogP contribution in [0, 0.1) is 0 Å². The minimum absolute atomic E-state index is 0.219. The van der Waals surface area contributed by atoms with Crippen molar-refractivity contribution in [3.63, 3.8) is 0 Å². The SMILES string of the molecule is Cn1c(C(=O)NCC(O)C(N)=O)cc(Cl)c1Cl. The third-order valence-corrected chi connectivity index (χ3v) is 2.98. The van der Waals surface area contributed by atoms with Gasteiger partial charge < -0.3 is 20.7 Å². The van der Waals surface area contributed by atoms with Gasteiger partial charge >= 0.3 is 0 Å². The molecule has 0 fully saturated rings. The van der Waals surface area contributed by atoms with E-state index in [9.17, 15) is 9.59 Å². The number of hydrogen-bond acceptors (Lipinski definition) is 3. The molecule has 94 valence electrons. The summed E-state index contributed by atoms with van der Waals surface area (Å²) in [6.45, 7) is -0.269. The molecule has 8 heteroatoms. The molecule has 6 nitrogen and oxygen atoms in total. The Morgan fingerprint density at radius 1 is 1.59 bits per heavy atom. The van der Waals surface area contributed by atoms with Gasteiger partial charge in [0, 0.05) is 7.05 Å². The Kier molecular flexibility index (Phi) is 4.39. The van der Waals surface area contributed by atoms with Gasteiger partial charge in [-0.2, -0.15) is 0 Å². The standard InChI is InChI=1S/C9H11Cl2N3O3/c1-14-5(2-4(10)7(14)11)9(17)13-3-6(15)8(12)16/h2,6,15H,3H2,1H3,(H2,12,16)(H,13,17). The number of carbonyl (C=O) groups excluding carboxylic acids is 2. The lowest BCUT2D eigenvalue weighted by Gasteiger charge is -2.09. The first-order valence-corrected chi connectivity index (χ1v) is 5.36. The van der Waals surface area contributed by atoms with Gasteiger partial charge in [-0.1, -0.05) is 23.2 Å². The molecule has 1 aromatic rings. The zero-order valence-electron chi connectivity index (χ0n) is 8.91. The molecule has 0 radical (unpaired) electrons. The minimum atomic E-state index is -1.43. The molecule has 0 saturated heterocycles. The van der Waals surface area contributed by atoms with E-state index in [-0.39, 0.29) is 22.4 Å². The first kappa shape index (κ1) is 13.8. The zero-order valence-corrected chi connectivity index (χ0v) is 10.4. The molecule has 2 amide bonds. The van der Waals surface area contributed by atoms with E-state index in [4.69, 9.17) is 34.0 Å². The van der Waals surface area contributed by atoms with E-state index in [2.05, 4.69) is 5.32 Å². The van der Waals surface area contributed by atoms with Gasteiger partial charge in [-0.3, -0.25) is 9.59 Å². The molecule has 4 N–H and O–H groups in total. The molecule has 0 aromatic carbocycles. The number of aromatic nitrogens is 1. The van der Waals surface area contributed by atoms with Gasteiger partial charge in [-0.25, -0.2) is 0 Å². The number of aliphatic hydroxyl groups excluding tert-OH is 1. The number of rotatable bonds is 4. The molecule has 0 aliphatic rings. The smallest absolute Gasteiger partial charge is 0.268 e. The van der Waals surface area contributed by atoms with Crippen molar-refractivity contribution in [3.05, 3.63) is 21.9 Å². The van der Waals surface area contributed by atoms with Gasteiger partial charge in [0.2, 0.25) is 5.91 Å². The van der Waals surface area contributed by atoms with Crippen molar-refractivity contribution in [1.29, 1.82) is 0 Å². The first-order valence-electron chi connectivity index (χ1n) is 4.61. The van der Waals surface area contributed by atoms with Gasteiger partial charge in [0.25, 0.3) is 5.91 Å². The Hall–Kier alpha value is -1.24. The molecule has 17 heavy (non-hydrogen) atoms. The van der Waals surface area contributed by atoms with Crippen LogP contribution in [0.5, 0.6) is 0 Å². The molecule has 1 aromatic heterocycles. The number of nitrogens with one attached hydrogen (secondary N) is 1. The number of primary amides is 1. The molecule has 0 bridgehead atoms. The second-order valence-corrected chi connectivity index (χ2v) is 4.12. The largest absolute Gasteiger partial charge is 0.381 e. The Morgan fingerprint density at radius 3 is 2.59 bits per heavy atom. The average molecular weight is 280 g/mol. The summed E-state index contributed by atoms with van der Waals surface area (Å²) >= 11 is 11.5. The third-order valence-electron chi connectivity index (χ3n) is 2.13. The highest BCUT2D eigenvalue weighted by Crippen LogP contribution is 2.24. The van der Waals surface area contributed by atoms with Crippen LogP contribution in [-0.4, -0.2) is 34.1 Å². The number of aliphatic hydroxyl groups is 1. The highest BCUT2D eigenvalue weighted by atomic mass is 35.5. The fourth-order valence-electron chi connectivity index (χ4n) is 1.14. The lowest BCUT2D eigenvalue weighted by molar-refractivity contribution is -0.125. The van der Waals surface area contributed by atoms with E-state index in [1.54, 1.807) is 7.05 Å². The quantitative estimate of drug-likeness (QED) is 0.718. The number of amides is 2. The van der Waals surface area contributed by atoms with Crippen molar-refractivity contribution in [2.75, 3.05) is 6.54 Å². The van der Waals surface area contributed by atoms with E-state index in [1.165, 1.54) is 10.6 Å². The normalized spacial score (nSPS) is 12.2. The molecule has 1 rings (SSSR count). The predicted octanol–water partition coefficient (Wildman–Crippen LogP) is -0.0921. The number of halogens is 2. The van der Waals surface area contributed by atoms with Crippen molar-refractivity contribution in [2.24, 2.45) is 12.8 Å². The van der Waals surface area contributed by atoms with Crippen LogP contribution in [0.15, 0.2) is 6.07 Å². The van der Waals surface area contributed by atoms with Crippen molar-refractivity contribution >= 4 is 35.0 Å². The maximum absolute atomic E-state index is 11.6. The van der Waals surface area contributed by atoms with Crippen molar-refractivity contribution in [3.8, 4) is 0 Å². The molecule has 0 aliphatic heterocycles. The second kappa shape index (κ2) is 5.39. The number of carbonyl (C=O) groups is 2. The summed E-state index contributed by atoms with van der Waals surface area (Å²) in [5, 5.41) is 11.9. The van der Waals surface area contributed by atoms with Crippen molar-refractivity contribution in [2.45, 2.75) is 6.10 Å². The summed E-state index contributed by atoms with van der Waals surface area (Å²) in [7, 11) is 1.56. The fraction of sp³-hybridized carbons (Fsp3) is 0.333. The van der Waals surface area contributed by atoms with Crippen LogP contribution >= 0.6 is 23.2 Å². The maximum Gasteiger partial charge on any atom is 0.268 e. The van der Waals surface area contributed by atoms with Crippen molar-refractivity contribution in [1.82, 2.24) is 9.88 Å². The van der Waals surface area contributed by atoms with Gasteiger partial charge in [0.05, 0.1) is 11.6 Å². The Labute approximate surface area is 107 Å². The summed E-state index contributed by atoms with van der Waals surface area (Å²) in [5.74, 6) is -1.42. The van der Waals surface area contributed by atoms with Gasteiger partial charge in [-0.05, 0) is 6.07 Å². The van der Waals surface area contributed by atoms with Gasteiger partial charge in [0.1, 0.15) is 17.0 Å². The zero-order chi connectivity index (χ0) is 13.2. The predicted molar refractivity (Wildman–Crippen MR) is 63.0 cm³/mol. The highest BCUT2D eigenvalue weighted by molar-refractivity contribution is 6.41. The molecule has 1 atom stereocenters. The molecule has 1 heterocycles. The average Bonchev–Trinajstić information content (AvgIpc) is 2.53. The van der Waals surface area contributed by atoms with Crippen LogP contribution in [0.4, 0.5) is 0 Å². The lowest BCUT2D eigenvalue weighted by Crippen LogP contribution is -2.40. The minimum Gasteiger partial charge on any atom is -0.381 e. The monoisotopic (exact) mass is 279 g/mol. The van der Waals surface area contributed by atoms with E-state index >= 15 is 0 Å². The summed E-state index contributed by atoms with van der Waals surface area (Å²) in [5.41, 5.74) is 5.05. The Bertz CT molecular complexity index is 459. The maximum atomic E-state index is 11.6. The summed E-state index contributed by atoms with van der Waals surface area (Å²) in [6.07, 6.45) is -1.43. The molecular formula is C9H11Cl2N3O3. The number of nitrogens with two attached hydrogens (primary N) is 1. The van der Waals surface area contributed by atoms with Crippen LogP contribution in [0.3, 0.4) is 0 Å². The number of hydrogen-bond donors (Lipinski definition) is 3. The van der Waals surface area contributed by atoms with E-state index < -0.39 is 17.9 Å². The van der Waals surface area contributed by atoms with Crippen LogP contribution in [0.25, 0.3) is 0 Å². The van der Waals surface area contributed by atoms with Crippen LogP contribution < -0.4 is 11.1 Å². The van der Waals surface area contributed by atoms with Gasteiger partial charge in [-0.15, -0.1) is 0 Å². The Morgan fingerprint density at radius 2 is 2.18 bits per heavy atom. The van der Waals surface area contributed by atoms with Gasteiger partial charge in [0.15, 0.2) is 0 Å². The van der Waals surface area contributed by atoms with E-state index in [0.717, 1.165) is 0 Å². The summed E-state index contributed by atoms with van der Waals surface area (Å²) < 4.78 is 1.38. The molecular weight excluding hydrogens is 269 g/mol. The first-order chi connectivity index (χ1) is 7.84. The second-order valence-electron chi connectivity index (χ2n) is 3.36. The van der Waals surface area contributed by atoms with Crippen LogP contribution in [0.1, 0.15) is 10.5 Å². The van der Waals surface area contributed by atoms with E-state index in [0.29, 0.717) is 0 Å².